The van der Waals surface area contributed by atoms with Gasteiger partial charge in [0.2, 0.25) is 0 Å². The number of esters is 3. The fraction of sp³-hybridized carbons (Fsp3) is 0.300. The zero-order chi connectivity index (χ0) is 37.5. The van der Waals surface area contributed by atoms with E-state index in [4.69, 9.17) is 18.9 Å². The summed E-state index contributed by atoms with van der Waals surface area (Å²) >= 11 is 0. The molecule has 0 saturated heterocycles. The smallest absolute Gasteiger partial charge is 0.344 e. The van der Waals surface area contributed by atoms with Crippen molar-refractivity contribution in [3.05, 3.63) is 120 Å². The zero-order valence-corrected chi connectivity index (χ0v) is 30.3. The highest BCUT2D eigenvalue weighted by Gasteiger charge is 2.34. The van der Waals surface area contributed by atoms with E-state index in [0.717, 1.165) is 0 Å². The predicted octanol–water partition coefficient (Wildman–Crippen LogP) is 7.97. The van der Waals surface area contributed by atoms with Crippen molar-refractivity contribution < 1.29 is 48.3 Å². The largest absolute Gasteiger partial charge is 0.511 e. The molecule has 0 bridgehead atoms. The van der Waals surface area contributed by atoms with Crippen LogP contribution >= 0.6 is 0 Å². The summed E-state index contributed by atoms with van der Waals surface area (Å²) in [5.74, 6) is -3.47. The molecular weight excluding hydrogens is 640 g/mol. The van der Waals surface area contributed by atoms with E-state index >= 15 is 0 Å². The minimum atomic E-state index is -1.17. The van der Waals surface area contributed by atoms with Crippen molar-refractivity contribution >= 4 is 23.9 Å². The molecule has 3 aromatic carbocycles. The maximum absolute atomic E-state index is 13.7. The Labute approximate surface area is 291 Å². The van der Waals surface area contributed by atoms with E-state index in [1.54, 1.807) is 87.4 Å². The highest BCUT2D eigenvalue weighted by atomic mass is 16.5. The molecule has 2 N–H and O–H groups in total. The molecule has 1 atom stereocenters. The van der Waals surface area contributed by atoms with Crippen LogP contribution in [0.15, 0.2) is 48.0 Å². The number of carboxylic acid groups (broad SMARTS) is 1. The van der Waals surface area contributed by atoms with Crippen molar-refractivity contribution in [1.29, 1.82) is 0 Å². The predicted molar refractivity (Wildman–Crippen MR) is 188 cm³/mol. The Morgan fingerprint density at radius 2 is 1.14 bits per heavy atom. The first-order chi connectivity index (χ1) is 23.3. The van der Waals surface area contributed by atoms with Crippen molar-refractivity contribution in [2.45, 2.75) is 69.2 Å². The van der Waals surface area contributed by atoms with Gasteiger partial charge < -0.3 is 29.2 Å². The van der Waals surface area contributed by atoms with Gasteiger partial charge in [0, 0.05) is 0 Å². The van der Waals surface area contributed by atoms with Gasteiger partial charge in [-0.2, -0.15) is 0 Å². The van der Waals surface area contributed by atoms with Crippen molar-refractivity contribution in [2.24, 2.45) is 5.92 Å². The van der Waals surface area contributed by atoms with Crippen LogP contribution in [0.4, 0.5) is 0 Å². The molecular formula is C40H42O10. The van der Waals surface area contributed by atoms with Gasteiger partial charge in [-0.3, -0.25) is 4.79 Å². The third-order valence-electron chi connectivity index (χ3n) is 9.58. The Balaban J connectivity index is 1.61. The summed E-state index contributed by atoms with van der Waals surface area (Å²) in [4.78, 5) is 52.2. The normalized spacial score (nSPS) is 14.1. The van der Waals surface area contributed by atoms with Gasteiger partial charge in [0.05, 0.1) is 23.8 Å². The van der Waals surface area contributed by atoms with Crippen molar-refractivity contribution in [2.75, 3.05) is 7.11 Å². The molecule has 1 aliphatic carbocycles. The van der Waals surface area contributed by atoms with Gasteiger partial charge in [-0.05, 0) is 155 Å². The van der Waals surface area contributed by atoms with Crippen LogP contribution in [0.5, 0.6) is 17.2 Å². The lowest BCUT2D eigenvalue weighted by Crippen LogP contribution is -2.28. The van der Waals surface area contributed by atoms with Gasteiger partial charge >= 0.3 is 23.9 Å². The molecule has 4 rings (SSSR count). The quantitative estimate of drug-likeness (QED) is 0.177. The molecule has 0 fully saturated rings. The van der Waals surface area contributed by atoms with Gasteiger partial charge in [-0.15, -0.1) is 0 Å². The van der Waals surface area contributed by atoms with Crippen LogP contribution in [0.2, 0.25) is 0 Å². The number of ether oxygens (including phenoxy) is 4. The van der Waals surface area contributed by atoms with Crippen LogP contribution in [0.25, 0.3) is 0 Å². The first kappa shape index (κ1) is 37.2. The summed E-state index contributed by atoms with van der Waals surface area (Å²) < 4.78 is 22.8. The highest BCUT2D eigenvalue weighted by Crippen LogP contribution is 2.37. The monoisotopic (exact) mass is 682 g/mol. The zero-order valence-electron chi connectivity index (χ0n) is 30.3. The second-order valence-corrected chi connectivity index (χ2v) is 12.7. The minimum Gasteiger partial charge on any atom is -0.511 e. The number of allylic oxidation sites excluding steroid dienone is 3. The van der Waals surface area contributed by atoms with Crippen molar-refractivity contribution in [1.82, 2.24) is 0 Å². The van der Waals surface area contributed by atoms with Gasteiger partial charge in [0.15, 0.2) is 5.92 Å². The number of aryl methyl sites for hydroxylation is 2. The second-order valence-electron chi connectivity index (χ2n) is 12.7. The number of aromatic carboxylic acids is 1. The Morgan fingerprint density at radius 3 is 1.64 bits per heavy atom. The second kappa shape index (κ2) is 14.1. The average Bonchev–Trinajstić information content (AvgIpc) is 3.04. The number of hydrogen-bond donors (Lipinski definition) is 2. The first-order valence-electron chi connectivity index (χ1n) is 15.9. The molecule has 1 aliphatic rings. The van der Waals surface area contributed by atoms with Crippen molar-refractivity contribution in [3.63, 3.8) is 0 Å². The van der Waals surface area contributed by atoms with Gasteiger partial charge in [-0.1, -0.05) is 6.58 Å². The Hall–Kier alpha value is -5.64. The number of carboxylic acids is 1. The molecule has 0 saturated carbocycles. The number of rotatable bonds is 8. The number of hydrogen-bond acceptors (Lipinski definition) is 9. The van der Waals surface area contributed by atoms with E-state index in [2.05, 4.69) is 6.58 Å². The first-order valence-corrected chi connectivity index (χ1v) is 15.9. The lowest BCUT2D eigenvalue weighted by Gasteiger charge is -2.24. The van der Waals surface area contributed by atoms with Crippen LogP contribution in [-0.2, 0) is 9.53 Å². The van der Waals surface area contributed by atoms with Crippen LogP contribution in [0.3, 0.4) is 0 Å². The van der Waals surface area contributed by atoms with Crippen LogP contribution in [0, 0.1) is 75.2 Å². The highest BCUT2D eigenvalue weighted by molar-refractivity contribution is 5.97. The number of aliphatic hydroxyl groups excluding tert-OH is 1. The number of carbonyl (C=O) groups is 4. The fourth-order valence-corrected chi connectivity index (χ4v) is 6.21. The summed E-state index contributed by atoms with van der Waals surface area (Å²) in [6.07, 6.45) is 2.92. The summed E-state index contributed by atoms with van der Waals surface area (Å²) in [6.45, 7) is 20.9. The lowest BCUT2D eigenvalue weighted by molar-refractivity contribution is -0.138. The van der Waals surface area contributed by atoms with Gasteiger partial charge in [0.25, 0.3) is 0 Å². The number of benzene rings is 3. The molecule has 10 nitrogen and oxygen atoms in total. The third-order valence-corrected chi connectivity index (χ3v) is 9.58. The maximum atomic E-state index is 13.7. The molecule has 10 heteroatoms. The molecule has 0 aromatic heterocycles. The van der Waals surface area contributed by atoms with Crippen molar-refractivity contribution in [3.8, 4) is 17.2 Å². The lowest BCUT2D eigenvalue weighted by atomic mass is 9.92. The van der Waals surface area contributed by atoms with Crippen LogP contribution < -0.4 is 14.2 Å². The van der Waals surface area contributed by atoms with E-state index in [9.17, 15) is 29.4 Å². The Bertz CT molecular complexity index is 2020. The topological polar surface area (TPSA) is 146 Å². The number of methoxy groups -OCH3 is 1. The maximum Gasteiger partial charge on any atom is 0.344 e. The number of aliphatic hydroxyl groups is 1. The van der Waals surface area contributed by atoms with E-state index in [1.165, 1.54) is 13.2 Å². The van der Waals surface area contributed by atoms with E-state index in [-0.39, 0.29) is 34.1 Å². The van der Waals surface area contributed by atoms with E-state index in [1.807, 2.05) is 0 Å². The summed E-state index contributed by atoms with van der Waals surface area (Å²) in [6, 6.07) is 3.18. The molecule has 3 aromatic rings. The van der Waals surface area contributed by atoms with Crippen LogP contribution in [-0.4, -0.2) is 41.2 Å². The van der Waals surface area contributed by atoms with Crippen LogP contribution in [0.1, 0.15) is 86.7 Å². The summed E-state index contributed by atoms with van der Waals surface area (Å²) in [5.41, 5.74) is 6.56. The summed E-state index contributed by atoms with van der Waals surface area (Å²) in [5, 5.41) is 20.2. The molecule has 50 heavy (non-hydrogen) atoms. The van der Waals surface area contributed by atoms with Gasteiger partial charge in [0.1, 0.15) is 28.8 Å². The van der Waals surface area contributed by atoms with E-state index < -0.39 is 29.8 Å². The molecule has 0 aliphatic heterocycles. The molecule has 262 valence electrons. The third kappa shape index (κ3) is 6.65. The minimum absolute atomic E-state index is 0.187. The van der Waals surface area contributed by atoms with E-state index in [0.29, 0.717) is 72.5 Å². The Kier molecular flexibility index (Phi) is 10.5. The molecule has 0 heterocycles. The number of carbonyl (C=O) groups excluding carboxylic acids is 3. The SMILES string of the molecule is C=C1C=C(O)C(C(=O)Oc2c(C)c(C)c(C(=O)Oc3cc(C)c(C(=O)Oc4c(C)c(C)c(C(=O)O)c(C)c4C)cc3C)c(C)c2C)C(OC)=C1. The average molecular weight is 683 g/mol. The Morgan fingerprint density at radius 1 is 0.640 bits per heavy atom. The molecule has 0 amide bonds. The molecule has 0 radical (unpaired) electrons. The molecule has 0 spiro atoms. The van der Waals surface area contributed by atoms with Gasteiger partial charge in [-0.25, -0.2) is 14.4 Å². The molecule has 1 unspecified atom stereocenters. The summed E-state index contributed by atoms with van der Waals surface area (Å²) in [7, 11) is 1.39. The fourth-order valence-electron chi connectivity index (χ4n) is 6.21. The standard InChI is InChI=1S/C40H42O10/c1-17-13-29(41)34(31(14-17)47-12)40(46)50-36-26(10)22(6)33(23(7)27(36)11)39(45)48-30-16-18(2)28(15-19(30)3)38(44)49-35-24(8)20(4)32(37(42)43)21(5)25(35)9/h13-16,34,41H,1H2,2-12H3,(H,42,43).